The van der Waals surface area contributed by atoms with E-state index in [4.69, 9.17) is 4.52 Å². The van der Waals surface area contributed by atoms with E-state index >= 15 is 0 Å². The Labute approximate surface area is 141 Å². The average Bonchev–Trinajstić information content (AvgIpc) is 3.10. The fourth-order valence-electron chi connectivity index (χ4n) is 2.56. The number of aromatic nitrogens is 2. The Kier molecular flexibility index (Phi) is 5.71. The Balaban J connectivity index is 1.62. The molecule has 0 radical (unpaired) electrons. The molecule has 24 heavy (non-hydrogen) atoms. The van der Waals surface area contributed by atoms with Gasteiger partial charge in [-0.2, -0.15) is 4.98 Å². The van der Waals surface area contributed by atoms with Crippen LogP contribution < -0.4 is 0 Å². The van der Waals surface area contributed by atoms with Gasteiger partial charge < -0.3 is 9.63 Å². The van der Waals surface area contributed by atoms with E-state index in [1.54, 1.807) is 0 Å². The minimum absolute atomic E-state index is 0.106. The van der Waals surface area contributed by atoms with Crippen LogP contribution in [0.2, 0.25) is 0 Å². The lowest BCUT2D eigenvalue weighted by atomic mass is 10.1. The van der Waals surface area contributed by atoms with Crippen molar-refractivity contribution in [3.05, 3.63) is 72.1 Å². The predicted molar refractivity (Wildman–Crippen MR) is 92.2 cm³/mol. The smallest absolute Gasteiger partial charge is 0.241 e. The minimum Gasteiger partial charge on any atom is -0.395 e. The fraction of sp³-hybridized carbons (Fsp3) is 0.263. The van der Waals surface area contributed by atoms with Gasteiger partial charge >= 0.3 is 0 Å². The van der Waals surface area contributed by atoms with E-state index in [0.717, 1.165) is 18.5 Å². The van der Waals surface area contributed by atoms with E-state index in [-0.39, 0.29) is 6.61 Å². The van der Waals surface area contributed by atoms with Gasteiger partial charge in [-0.25, -0.2) is 0 Å². The molecule has 0 fully saturated rings. The molecular weight excluding hydrogens is 302 g/mol. The maximum absolute atomic E-state index is 9.29. The van der Waals surface area contributed by atoms with Gasteiger partial charge in [-0.1, -0.05) is 65.8 Å². The molecule has 2 aromatic carbocycles. The SMILES string of the molecule is OCCN(CCc1ccccc1)Cc1nc(-c2ccccc2)no1. The third-order valence-electron chi connectivity index (χ3n) is 3.83. The van der Waals surface area contributed by atoms with Crippen LogP contribution in [0.5, 0.6) is 0 Å². The number of rotatable bonds is 8. The zero-order valence-electron chi connectivity index (χ0n) is 13.5. The molecule has 0 aliphatic carbocycles. The Hall–Kier alpha value is -2.50. The molecule has 0 saturated heterocycles. The minimum atomic E-state index is 0.106. The van der Waals surface area contributed by atoms with Gasteiger partial charge in [0.25, 0.3) is 0 Å². The molecule has 3 aromatic rings. The summed E-state index contributed by atoms with van der Waals surface area (Å²) in [6.45, 7) is 2.05. The average molecular weight is 323 g/mol. The zero-order valence-corrected chi connectivity index (χ0v) is 13.5. The molecular formula is C19H21N3O2. The first-order valence-electron chi connectivity index (χ1n) is 8.10. The largest absolute Gasteiger partial charge is 0.395 e. The first-order chi connectivity index (χ1) is 11.8. The van der Waals surface area contributed by atoms with E-state index < -0.39 is 0 Å². The quantitative estimate of drug-likeness (QED) is 0.690. The van der Waals surface area contributed by atoms with E-state index in [1.165, 1.54) is 5.56 Å². The summed E-state index contributed by atoms with van der Waals surface area (Å²) in [6, 6.07) is 20.1. The predicted octanol–water partition coefficient (Wildman–Crippen LogP) is 2.77. The van der Waals surface area contributed by atoms with Crippen LogP contribution in [0.25, 0.3) is 11.4 Å². The van der Waals surface area contributed by atoms with Crippen LogP contribution in [0.4, 0.5) is 0 Å². The molecule has 0 bridgehead atoms. The highest BCUT2D eigenvalue weighted by molar-refractivity contribution is 5.53. The van der Waals surface area contributed by atoms with Gasteiger partial charge in [0.1, 0.15) is 0 Å². The monoisotopic (exact) mass is 323 g/mol. The van der Waals surface area contributed by atoms with Crippen LogP contribution in [0.15, 0.2) is 65.2 Å². The molecule has 0 saturated carbocycles. The van der Waals surface area contributed by atoms with Gasteiger partial charge in [-0.05, 0) is 12.0 Å². The Morgan fingerprint density at radius 2 is 1.62 bits per heavy atom. The third-order valence-corrected chi connectivity index (χ3v) is 3.83. The number of aliphatic hydroxyl groups excluding tert-OH is 1. The summed E-state index contributed by atoms with van der Waals surface area (Å²) < 4.78 is 5.36. The Morgan fingerprint density at radius 1 is 0.917 bits per heavy atom. The topological polar surface area (TPSA) is 62.4 Å². The van der Waals surface area contributed by atoms with Gasteiger partial charge in [0, 0.05) is 18.7 Å². The van der Waals surface area contributed by atoms with Gasteiger partial charge in [0.05, 0.1) is 13.2 Å². The molecule has 1 aromatic heterocycles. The summed E-state index contributed by atoms with van der Waals surface area (Å²) in [5, 5.41) is 13.3. The van der Waals surface area contributed by atoms with Crippen molar-refractivity contribution in [3.8, 4) is 11.4 Å². The van der Waals surface area contributed by atoms with Gasteiger partial charge in [0.15, 0.2) is 0 Å². The number of benzene rings is 2. The molecule has 0 aliphatic rings. The highest BCUT2D eigenvalue weighted by atomic mass is 16.5. The standard InChI is InChI=1S/C19H21N3O2/c23-14-13-22(12-11-16-7-3-1-4-8-16)15-18-20-19(21-24-18)17-9-5-2-6-10-17/h1-10,23H,11-15H2. The van der Waals surface area contributed by atoms with Crippen molar-refractivity contribution in [2.45, 2.75) is 13.0 Å². The lowest BCUT2D eigenvalue weighted by molar-refractivity contribution is 0.175. The summed E-state index contributed by atoms with van der Waals surface area (Å²) in [4.78, 5) is 6.58. The van der Waals surface area contributed by atoms with Crippen molar-refractivity contribution in [3.63, 3.8) is 0 Å². The molecule has 0 unspecified atom stereocenters. The molecule has 124 valence electrons. The summed E-state index contributed by atoms with van der Waals surface area (Å²) in [5.41, 5.74) is 2.21. The fourth-order valence-corrected chi connectivity index (χ4v) is 2.56. The van der Waals surface area contributed by atoms with Gasteiger partial charge in [0.2, 0.25) is 11.7 Å². The molecule has 5 heteroatoms. The van der Waals surface area contributed by atoms with Crippen molar-refractivity contribution in [2.75, 3.05) is 19.7 Å². The summed E-state index contributed by atoms with van der Waals surface area (Å²) in [7, 11) is 0. The molecule has 0 spiro atoms. The number of nitrogens with zero attached hydrogens (tertiary/aromatic N) is 3. The first-order valence-corrected chi connectivity index (χ1v) is 8.10. The van der Waals surface area contributed by atoms with Crippen molar-refractivity contribution in [1.82, 2.24) is 15.0 Å². The molecule has 0 atom stereocenters. The van der Waals surface area contributed by atoms with Crippen molar-refractivity contribution >= 4 is 0 Å². The maximum Gasteiger partial charge on any atom is 0.241 e. The molecule has 0 amide bonds. The van der Waals surface area contributed by atoms with Crippen LogP contribution in [0.3, 0.4) is 0 Å². The highest BCUT2D eigenvalue weighted by Crippen LogP contribution is 2.15. The number of hydrogen-bond donors (Lipinski definition) is 1. The van der Waals surface area contributed by atoms with Crippen molar-refractivity contribution < 1.29 is 9.63 Å². The summed E-state index contributed by atoms with van der Waals surface area (Å²) in [6.07, 6.45) is 0.917. The Morgan fingerprint density at radius 3 is 2.33 bits per heavy atom. The van der Waals surface area contributed by atoms with E-state index in [2.05, 4.69) is 27.2 Å². The van der Waals surface area contributed by atoms with Crippen LogP contribution >= 0.6 is 0 Å². The second-order valence-corrected chi connectivity index (χ2v) is 5.61. The van der Waals surface area contributed by atoms with Crippen molar-refractivity contribution in [1.29, 1.82) is 0 Å². The second-order valence-electron chi connectivity index (χ2n) is 5.61. The Bertz CT molecular complexity index is 729. The van der Waals surface area contributed by atoms with Crippen LogP contribution in [-0.4, -0.2) is 39.8 Å². The summed E-state index contributed by atoms with van der Waals surface area (Å²) >= 11 is 0. The van der Waals surface area contributed by atoms with Crippen LogP contribution in [0.1, 0.15) is 11.5 Å². The van der Waals surface area contributed by atoms with Crippen molar-refractivity contribution in [2.24, 2.45) is 0 Å². The first kappa shape index (κ1) is 16.4. The van der Waals surface area contributed by atoms with Gasteiger partial charge in [-0.15, -0.1) is 0 Å². The normalized spacial score (nSPS) is 11.1. The molecule has 3 rings (SSSR count). The van der Waals surface area contributed by atoms with E-state index in [0.29, 0.717) is 24.8 Å². The van der Waals surface area contributed by atoms with E-state index in [9.17, 15) is 5.11 Å². The molecule has 0 aliphatic heterocycles. The van der Waals surface area contributed by atoms with E-state index in [1.807, 2.05) is 48.5 Å². The summed E-state index contributed by atoms with van der Waals surface area (Å²) in [5.74, 6) is 1.16. The van der Waals surface area contributed by atoms with Crippen LogP contribution in [0, 0.1) is 0 Å². The molecule has 1 N–H and O–H groups in total. The zero-order chi connectivity index (χ0) is 16.6. The molecule has 5 nitrogen and oxygen atoms in total. The number of aliphatic hydroxyl groups is 1. The van der Waals surface area contributed by atoms with Crippen LogP contribution in [-0.2, 0) is 13.0 Å². The lowest BCUT2D eigenvalue weighted by Crippen LogP contribution is -2.28. The lowest BCUT2D eigenvalue weighted by Gasteiger charge is -2.19. The number of hydrogen-bond acceptors (Lipinski definition) is 5. The third kappa shape index (κ3) is 4.50. The highest BCUT2D eigenvalue weighted by Gasteiger charge is 2.13. The van der Waals surface area contributed by atoms with Gasteiger partial charge in [-0.3, -0.25) is 4.90 Å². The second kappa shape index (κ2) is 8.38. The maximum atomic E-state index is 9.29. The molecule has 1 heterocycles.